The Morgan fingerprint density at radius 3 is 2.62 bits per heavy atom. The molecule has 0 bridgehead atoms. The molecule has 2 heterocycles. The molecule has 170 valence electrons. The molecule has 1 aliphatic carbocycles. The van der Waals surface area contributed by atoms with Crippen molar-refractivity contribution in [3.63, 3.8) is 0 Å². The molecule has 2 aromatic heterocycles. The van der Waals surface area contributed by atoms with E-state index in [1.165, 1.54) is 12.8 Å². The van der Waals surface area contributed by atoms with Gasteiger partial charge < -0.3 is 14.8 Å². The van der Waals surface area contributed by atoms with Crippen LogP contribution in [0.25, 0.3) is 11.3 Å². The molecule has 8 nitrogen and oxygen atoms in total. The second kappa shape index (κ2) is 9.06. The summed E-state index contributed by atoms with van der Waals surface area (Å²) in [6, 6.07) is 7.37. The average molecular weight is 438 g/mol. The van der Waals surface area contributed by atoms with Gasteiger partial charge in [-0.15, -0.1) is 0 Å². The minimum absolute atomic E-state index is 0.217. The summed E-state index contributed by atoms with van der Waals surface area (Å²) in [7, 11) is 3.53. The summed E-state index contributed by atoms with van der Waals surface area (Å²) in [4.78, 5) is 12.8. The highest BCUT2D eigenvalue weighted by Gasteiger charge is 2.21. The van der Waals surface area contributed by atoms with Crippen molar-refractivity contribution in [2.75, 3.05) is 7.11 Å². The SMILES string of the molecule is COc1cc(C(C)NC(=O)c2cc(-c3c(C)nn(C)c3C)n[nH]2)ccc1OC1CCCC1. The van der Waals surface area contributed by atoms with Crippen LogP contribution >= 0.6 is 0 Å². The number of hydrogen-bond donors (Lipinski definition) is 2. The zero-order valence-corrected chi connectivity index (χ0v) is 19.4. The first kappa shape index (κ1) is 21.9. The van der Waals surface area contributed by atoms with Crippen LogP contribution in [0.5, 0.6) is 11.5 Å². The molecule has 1 amide bonds. The van der Waals surface area contributed by atoms with E-state index < -0.39 is 0 Å². The quantitative estimate of drug-likeness (QED) is 0.576. The molecular weight excluding hydrogens is 406 g/mol. The molecule has 4 rings (SSSR count). The number of aromatic amines is 1. The maximum atomic E-state index is 12.8. The number of ether oxygens (including phenoxy) is 2. The molecule has 1 fully saturated rings. The van der Waals surface area contributed by atoms with Crippen molar-refractivity contribution in [2.24, 2.45) is 7.05 Å². The number of benzene rings is 1. The number of aromatic nitrogens is 4. The average Bonchev–Trinajstić information content (AvgIpc) is 3.50. The van der Waals surface area contributed by atoms with E-state index in [1.54, 1.807) is 13.2 Å². The second-order valence-electron chi connectivity index (χ2n) is 8.47. The van der Waals surface area contributed by atoms with Crippen molar-refractivity contribution in [1.82, 2.24) is 25.3 Å². The van der Waals surface area contributed by atoms with Crippen LogP contribution in [0.3, 0.4) is 0 Å². The predicted octanol–water partition coefficient (Wildman–Crippen LogP) is 4.25. The van der Waals surface area contributed by atoms with E-state index >= 15 is 0 Å². The van der Waals surface area contributed by atoms with Crippen LogP contribution in [-0.2, 0) is 7.05 Å². The highest BCUT2D eigenvalue weighted by molar-refractivity contribution is 5.93. The minimum atomic E-state index is -0.222. The standard InChI is InChI=1S/C24H31N5O3/c1-14(17-10-11-21(22(12-17)31-5)32-18-8-6-7-9-18)25-24(30)20-13-19(26-27-20)23-15(2)28-29(4)16(23)3/h10-14,18H,6-9H2,1-5H3,(H,25,30)(H,26,27). The van der Waals surface area contributed by atoms with Crippen LogP contribution in [0.15, 0.2) is 24.3 Å². The van der Waals surface area contributed by atoms with Crippen LogP contribution < -0.4 is 14.8 Å². The topological polar surface area (TPSA) is 94.1 Å². The molecule has 0 radical (unpaired) electrons. The van der Waals surface area contributed by atoms with Crippen LogP contribution in [0.4, 0.5) is 0 Å². The van der Waals surface area contributed by atoms with Crippen LogP contribution in [0.2, 0.25) is 0 Å². The highest BCUT2D eigenvalue weighted by Crippen LogP contribution is 2.34. The van der Waals surface area contributed by atoms with Gasteiger partial charge in [-0.1, -0.05) is 6.07 Å². The Bertz CT molecular complexity index is 1110. The van der Waals surface area contributed by atoms with E-state index in [0.29, 0.717) is 17.1 Å². The van der Waals surface area contributed by atoms with Gasteiger partial charge >= 0.3 is 0 Å². The molecule has 0 spiro atoms. The van der Waals surface area contributed by atoms with Gasteiger partial charge in [-0.3, -0.25) is 14.6 Å². The lowest BCUT2D eigenvalue weighted by Gasteiger charge is -2.19. The van der Waals surface area contributed by atoms with E-state index in [4.69, 9.17) is 9.47 Å². The monoisotopic (exact) mass is 437 g/mol. The van der Waals surface area contributed by atoms with Crippen LogP contribution in [0.1, 0.15) is 66.1 Å². The number of rotatable bonds is 7. The summed E-state index contributed by atoms with van der Waals surface area (Å²) in [6.07, 6.45) is 4.85. The fourth-order valence-electron chi connectivity index (χ4n) is 4.30. The molecule has 1 unspecified atom stereocenters. The number of aryl methyl sites for hydroxylation is 2. The number of H-pyrrole nitrogens is 1. The molecule has 1 saturated carbocycles. The number of nitrogens with one attached hydrogen (secondary N) is 2. The first-order valence-corrected chi connectivity index (χ1v) is 11.1. The summed E-state index contributed by atoms with van der Waals surface area (Å²) in [5, 5.41) is 14.6. The molecule has 8 heteroatoms. The largest absolute Gasteiger partial charge is 0.493 e. The smallest absolute Gasteiger partial charge is 0.269 e. The molecule has 1 aliphatic rings. The third-order valence-corrected chi connectivity index (χ3v) is 6.22. The lowest BCUT2D eigenvalue weighted by molar-refractivity contribution is 0.0934. The van der Waals surface area contributed by atoms with E-state index in [2.05, 4.69) is 20.6 Å². The zero-order chi connectivity index (χ0) is 22.8. The molecule has 1 aromatic carbocycles. The number of carbonyl (C=O) groups excluding carboxylic acids is 1. The number of methoxy groups -OCH3 is 1. The van der Waals surface area contributed by atoms with E-state index in [1.807, 2.05) is 50.7 Å². The summed E-state index contributed by atoms with van der Waals surface area (Å²) < 4.78 is 13.5. The molecule has 2 N–H and O–H groups in total. The normalized spacial score (nSPS) is 15.0. The molecule has 0 aliphatic heterocycles. The van der Waals surface area contributed by atoms with Gasteiger partial charge in [-0.05, 0) is 70.2 Å². The zero-order valence-electron chi connectivity index (χ0n) is 19.4. The first-order chi connectivity index (χ1) is 15.4. The fourth-order valence-corrected chi connectivity index (χ4v) is 4.30. The maximum Gasteiger partial charge on any atom is 0.269 e. The number of carbonyl (C=O) groups is 1. The molecule has 1 atom stereocenters. The Kier molecular flexibility index (Phi) is 6.21. The number of nitrogens with zero attached hydrogens (tertiary/aromatic N) is 3. The summed E-state index contributed by atoms with van der Waals surface area (Å²) in [5.74, 6) is 1.21. The van der Waals surface area contributed by atoms with Crippen molar-refractivity contribution in [3.05, 3.63) is 46.9 Å². The molecule has 3 aromatic rings. The summed E-state index contributed by atoms with van der Waals surface area (Å²) >= 11 is 0. The first-order valence-electron chi connectivity index (χ1n) is 11.1. The van der Waals surface area contributed by atoms with Gasteiger partial charge in [0.15, 0.2) is 11.5 Å². The predicted molar refractivity (Wildman–Crippen MR) is 122 cm³/mol. The van der Waals surface area contributed by atoms with Gasteiger partial charge in [0.1, 0.15) is 5.69 Å². The fraction of sp³-hybridized carbons (Fsp3) is 0.458. The van der Waals surface area contributed by atoms with E-state index in [-0.39, 0.29) is 18.1 Å². The van der Waals surface area contributed by atoms with Crippen molar-refractivity contribution in [2.45, 2.75) is 58.6 Å². The molecular formula is C24H31N5O3. The number of hydrogen-bond acceptors (Lipinski definition) is 5. The molecule has 0 saturated heterocycles. The third-order valence-electron chi connectivity index (χ3n) is 6.22. The second-order valence-corrected chi connectivity index (χ2v) is 8.47. The highest BCUT2D eigenvalue weighted by atomic mass is 16.5. The van der Waals surface area contributed by atoms with Gasteiger partial charge in [0.25, 0.3) is 5.91 Å². The van der Waals surface area contributed by atoms with E-state index in [9.17, 15) is 4.79 Å². The third kappa shape index (κ3) is 4.35. The summed E-state index contributed by atoms with van der Waals surface area (Å²) in [6.45, 7) is 5.86. The van der Waals surface area contributed by atoms with Crippen LogP contribution in [-0.4, -0.2) is 39.1 Å². The van der Waals surface area contributed by atoms with Gasteiger partial charge in [-0.25, -0.2) is 0 Å². The lowest BCUT2D eigenvalue weighted by Crippen LogP contribution is -2.27. The van der Waals surface area contributed by atoms with Gasteiger partial charge in [0.2, 0.25) is 0 Å². The molecule has 32 heavy (non-hydrogen) atoms. The Hall–Kier alpha value is -3.29. The van der Waals surface area contributed by atoms with Gasteiger partial charge in [0, 0.05) is 18.3 Å². The Balaban J connectivity index is 1.46. The van der Waals surface area contributed by atoms with Crippen molar-refractivity contribution < 1.29 is 14.3 Å². The number of amides is 1. The van der Waals surface area contributed by atoms with Gasteiger partial charge in [0.05, 0.1) is 30.6 Å². The Labute approximate surface area is 188 Å². The van der Waals surface area contributed by atoms with Crippen LogP contribution in [0, 0.1) is 13.8 Å². The lowest BCUT2D eigenvalue weighted by atomic mass is 10.1. The van der Waals surface area contributed by atoms with Crippen molar-refractivity contribution in [3.8, 4) is 22.8 Å². The Morgan fingerprint density at radius 2 is 1.97 bits per heavy atom. The van der Waals surface area contributed by atoms with Crippen molar-refractivity contribution >= 4 is 5.91 Å². The summed E-state index contributed by atoms with van der Waals surface area (Å²) in [5.41, 5.74) is 4.87. The van der Waals surface area contributed by atoms with E-state index in [0.717, 1.165) is 41.1 Å². The van der Waals surface area contributed by atoms with Crippen molar-refractivity contribution in [1.29, 1.82) is 0 Å². The minimum Gasteiger partial charge on any atom is -0.493 e. The van der Waals surface area contributed by atoms with Gasteiger partial charge in [-0.2, -0.15) is 10.2 Å². The Morgan fingerprint density at radius 1 is 1.22 bits per heavy atom. The maximum absolute atomic E-state index is 12.8.